The molecule has 2 nitrogen and oxygen atoms in total. The summed E-state index contributed by atoms with van der Waals surface area (Å²) in [5.74, 6) is 0. The molecule has 2 aromatic heterocycles. The first-order chi connectivity index (χ1) is 29.7. The fraction of sp³-hybridized carbons (Fsp3) is 0. The second kappa shape index (κ2) is 12.8. The average molecular weight is 761 g/mol. The van der Waals surface area contributed by atoms with E-state index in [4.69, 9.17) is 0 Å². The fourth-order valence-electron chi connectivity index (χ4n) is 10.0. The van der Waals surface area contributed by atoms with Gasteiger partial charge in [0.25, 0.3) is 0 Å². The van der Waals surface area contributed by atoms with Crippen LogP contribution in [-0.2, 0) is 0 Å². The lowest BCUT2D eigenvalue weighted by Crippen LogP contribution is -1.96. The van der Waals surface area contributed by atoms with Crippen LogP contribution in [0.25, 0.3) is 121 Å². The third kappa shape index (κ3) is 4.88. The van der Waals surface area contributed by atoms with Crippen LogP contribution in [0.4, 0.5) is 0 Å². The van der Waals surface area contributed by atoms with Gasteiger partial charge in [-0.3, -0.25) is 0 Å². The number of benzene rings is 10. The van der Waals surface area contributed by atoms with Gasteiger partial charge in [-0.2, -0.15) is 0 Å². The van der Waals surface area contributed by atoms with Gasteiger partial charge in [0.2, 0.25) is 0 Å². The molecule has 1 aliphatic heterocycles. The third-order valence-corrected chi connectivity index (χ3v) is 12.8. The van der Waals surface area contributed by atoms with Crippen molar-refractivity contribution in [2.75, 3.05) is 0 Å². The molecule has 0 amide bonds. The Bertz CT molecular complexity index is 3680. The van der Waals surface area contributed by atoms with E-state index in [1.807, 2.05) is 0 Å². The fourth-order valence-corrected chi connectivity index (χ4v) is 10.0. The van der Waals surface area contributed by atoms with Gasteiger partial charge in [0.05, 0.1) is 27.8 Å². The van der Waals surface area contributed by atoms with Crippen molar-refractivity contribution >= 4 is 54.4 Å². The Balaban J connectivity index is 0.935. The van der Waals surface area contributed by atoms with E-state index >= 15 is 0 Å². The molecular weight excluding hydrogens is 725 g/mol. The molecule has 3 heterocycles. The zero-order valence-electron chi connectivity index (χ0n) is 32.7. The summed E-state index contributed by atoms with van der Waals surface area (Å²) in [7, 11) is 0. The van der Waals surface area contributed by atoms with E-state index in [0.717, 1.165) is 5.69 Å². The molecule has 0 unspecified atom stereocenters. The standard InChI is InChI=1S/C58H36N2/c1-2-12-37(13-3-1)38-26-29-45(30-27-38)59-54-20-10-8-18-48(54)51-33-43(28-31-56(51)59)39-22-24-40(25-23-39)44-34-52-47-17-7-6-16-46(47)50-32-41-14-4-5-15-42(41)36-57(50)60-55-21-11-9-19-49(55)53(35-44)58(52)60/h1-36H. The predicted octanol–water partition coefficient (Wildman–Crippen LogP) is 15.7. The van der Waals surface area contributed by atoms with E-state index in [9.17, 15) is 0 Å². The molecule has 0 spiro atoms. The molecule has 0 aliphatic carbocycles. The van der Waals surface area contributed by atoms with E-state index in [0.29, 0.717) is 0 Å². The normalized spacial score (nSPS) is 12.0. The first kappa shape index (κ1) is 33.1. The first-order valence-corrected chi connectivity index (χ1v) is 20.8. The summed E-state index contributed by atoms with van der Waals surface area (Å²) in [6, 6.07) is 80.6. The monoisotopic (exact) mass is 760 g/mol. The van der Waals surface area contributed by atoms with Crippen molar-refractivity contribution in [3.63, 3.8) is 0 Å². The van der Waals surface area contributed by atoms with Crippen LogP contribution in [0.2, 0.25) is 0 Å². The summed E-state index contributed by atoms with van der Waals surface area (Å²) in [4.78, 5) is 0. The van der Waals surface area contributed by atoms with Crippen molar-refractivity contribution < 1.29 is 0 Å². The quantitative estimate of drug-likeness (QED) is 0.169. The van der Waals surface area contributed by atoms with Crippen LogP contribution < -0.4 is 0 Å². The van der Waals surface area contributed by atoms with Crippen LogP contribution in [0.1, 0.15) is 0 Å². The van der Waals surface area contributed by atoms with Crippen molar-refractivity contribution in [2.24, 2.45) is 0 Å². The number of nitrogens with zero attached hydrogens (tertiary/aromatic N) is 2. The predicted molar refractivity (Wildman–Crippen MR) is 253 cm³/mol. The number of fused-ring (bicyclic) bond motifs is 12. The smallest absolute Gasteiger partial charge is 0.0620 e. The number of para-hydroxylation sites is 2. The number of hydrogen-bond donors (Lipinski definition) is 0. The maximum atomic E-state index is 2.52. The van der Waals surface area contributed by atoms with E-state index in [1.165, 1.54) is 116 Å². The first-order valence-electron chi connectivity index (χ1n) is 20.8. The zero-order chi connectivity index (χ0) is 39.3. The van der Waals surface area contributed by atoms with E-state index < -0.39 is 0 Å². The highest BCUT2D eigenvalue weighted by Gasteiger charge is 2.26. The Kier molecular flexibility index (Phi) is 7.05. The second-order valence-corrected chi connectivity index (χ2v) is 16.1. The molecular formula is C58H36N2. The molecule has 278 valence electrons. The van der Waals surface area contributed by atoms with Crippen molar-refractivity contribution in [1.82, 2.24) is 9.13 Å². The molecule has 60 heavy (non-hydrogen) atoms. The summed E-state index contributed by atoms with van der Waals surface area (Å²) in [6.07, 6.45) is 0. The van der Waals surface area contributed by atoms with Crippen LogP contribution in [0.3, 0.4) is 0 Å². The highest BCUT2D eigenvalue weighted by Crippen LogP contribution is 2.49. The molecule has 0 bridgehead atoms. The maximum absolute atomic E-state index is 2.52. The van der Waals surface area contributed by atoms with Crippen molar-refractivity contribution in [3.05, 3.63) is 218 Å². The summed E-state index contributed by atoms with van der Waals surface area (Å²) in [6.45, 7) is 0. The van der Waals surface area contributed by atoms with Gasteiger partial charge < -0.3 is 9.13 Å². The summed E-state index contributed by atoms with van der Waals surface area (Å²) in [5.41, 5.74) is 19.6. The van der Waals surface area contributed by atoms with Gasteiger partial charge in [0.15, 0.2) is 0 Å². The van der Waals surface area contributed by atoms with Crippen LogP contribution in [0, 0.1) is 0 Å². The Morgan fingerprint density at radius 3 is 1.50 bits per heavy atom. The minimum absolute atomic E-state index is 1.16. The van der Waals surface area contributed by atoms with E-state index in [2.05, 4.69) is 228 Å². The molecule has 13 rings (SSSR count). The Morgan fingerprint density at radius 1 is 0.250 bits per heavy atom. The van der Waals surface area contributed by atoms with Gasteiger partial charge >= 0.3 is 0 Å². The number of hydrogen-bond acceptors (Lipinski definition) is 0. The van der Waals surface area contributed by atoms with Gasteiger partial charge in [-0.25, -0.2) is 0 Å². The molecule has 2 heteroatoms. The molecule has 12 aromatic rings. The average Bonchev–Trinajstić information content (AvgIpc) is 3.80. The van der Waals surface area contributed by atoms with Crippen LogP contribution in [-0.4, -0.2) is 9.13 Å². The number of aromatic nitrogens is 2. The minimum Gasteiger partial charge on any atom is -0.309 e. The van der Waals surface area contributed by atoms with Gasteiger partial charge in [0, 0.05) is 38.4 Å². The van der Waals surface area contributed by atoms with Gasteiger partial charge in [0.1, 0.15) is 0 Å². The second-order valence-electron chi connectivity index (χ2n) is 16.1. The molecule has 0 fully saturated rings. The van der Waals surface area contributed by atoms with Gasteiger partial charge in [-0.1, -0.05) is 158 Å². The summed E-state index contributed by atoms with van der Waals surface area (Å²) >= 11 is 0. The molecule has 0 saturated carbocycles. The Morgan fingerprint density at radius 2 is 0.750 bits per heavy atom. The van der Waals surface area contributed by atoms with Crippen molar-refractivity contribution in [3.8, 4) is 67.0 Å². The Hall–Kier alpha value is -7.94. The Labute approximate surface area is 347 Å². The molecule has 0 radical (unpaired) electrons. The summed E-state index contributed by atoms with van der Waals surface area (Å²) < 4.78 is 4.91. The highest BCUT2D eigenvalue weighted by atomic mass is 15.0. The highest BCUT2D eigenvalue weighted by molar-refractivity contribution is 6.18. The molecule has 0 N–H and O–H groups in total. The van der Waals surface area contributed by atoms with Crippen molar-refractivity contribution in [2.45, 2.75) is 0 Å². The topological polar surface area (TPSA) is 9.86 Å². The van der Waals surface area contributed by atoms with Gasteiger partial charge in [-0.15, -0.1) is 0 Å². The molecule has 0 saturated heterocycles. The SMILES string of the molecule is c1ccc(-c2ccc(-n3c4ccccc4c4cc(-c5ccc(-c6cc7c8c(c6)c6ccccc6n8-c6cc8ccccc8cc6-c6ccccc6-7)cc5)ccc43)cc2)cc1. The van der Waals surface area contributed by atoms with Crippen LogP contribution in [0.5, 0.6) is 0 Å². The third-order valence-electron chi connectivity index (χ3n) is 12.8. The van der Waals surface area contributed by atoms with Crippen LogP contribution >= 0.6 is 0 Å². The van der Waals surface area contributed by atoms with Crippen LogP contribution in [0.15, 0.2) is 218 Å². The van der Waals surface area contributed by atoms with Crippen molar-refractivity contribution in [1.29, 1.82) is 0 Å². The van der Waals surface area contributed by atoms with E-state index in [1.54, 1.807) is 0 Å². The largest absolute Gasteiger partial charge is 0.309 e. The van der Waals surface area contributed by atoms with Gasteiger partial charge in [-0.05, 0) is 116 Å². The molecule has 1 aliphatic rings. The lowest BCUT2D eigenvalue weighted by atomic mass is 9.90. The molecule has 0 atom stereocenters. The van der Waals surface area contributed by atoms with E-state index in [-0.39, 0.29) is 0 Å². The maximum Gasteiger partial charge on any atom is 0.0620 e. The number of rotatable bonds is 4. The lowest BCUT2D eigenvalue weighted by Gasteiger charge is -2.14. The minimum atomic E-state index is 1.16. The summed E-state index contributed by atoms with van der Waals surface area (Å²) in [5, 5.41) is 7.55. The lowest BCUT2D eigenvalue weighted by molar-refractivity contribution is 1.18. The molecule has 10 aromatic carbocycles. The zero-order valence-corrected chi connectivity index (χ0v) is 32.7.